The Kier molecular flexibility index (Phi) is 5.16. The first-order valence-corrected chi connectivity index (χ1v) is 7.00. The predicted molar refractivity (Wildman–Crippen MR) is 82.5 cm³/mol. The highest BCUT2D eigenvalue weighted by atomic mass is 79.9. The minimum Gasteiger partial charge on any atom is -0.490 e. The van der Waals surface area contributed by atoms with E-state index in [9.17, 15) is 4.39 Å². The lowest BCUT2D eigenvalue weighted by Gasteiger charge is -2.10. The van der Waals surface area contributed by atoms with E-state index in [2.05, 4.69) is 15.9 Å². The van der Waals surface area contributed by atoms with E-state index in [1.54, 1.807) is 30.3 Å². The Morgan fingerprint density at radius 2 is 1.76 bits per heavy atom. The zero-order chi connectivity index (χ0) is 15.2. The summed E-state index contributed by atoms with van der Waals surface area (Å²) >= 11 is 3.23. The van der Waals surface area contributed by atoms with Gasteiger partial charge in [-0.15, -0.1) is 0 Å². The van der Waals surface area contributed by atoms with Gasteiger partial charge in [0, 0.05) is 5.56 Å². The highest BCUT2D eigenvalue weighted by Gasteiger charge is 2.03. The monoisotopic (exact) mass is 352 g/mol. The second-order valence-electron chi connectivity index (χ2n) is 4.21. The maximum Gasteiger partial charge on any atom is 0.133 e. The molecule has 2 aromatic carbocycles. The van der Waals surface area contributed by atoms with Crippen molar-refractivity contribution in [1.82, 2.24) is 0 Å². The fourth-order valence-electron chi connectivity index (χ4n) is 1.63. The molecular weight excluding hydrogens is 339 g/mol. The van der Waals surface area contributed by atoms with Crippen molar-refractivity contribution >= 4 is 21.8 Å². The number of nitrogen functional groups attached to an aromatic ring is 1. The maximum atomic E-state index is 12.9. The van der Waals surface area contributed by atoms with Crippen LogP contribution in [0.3, 0.4) is 0 Å². The average molecular weight is 353 g/mol. The third-order valence-corrected chi connectivity index (χ3v) is 3.29. The summed E-state index contributed by atoms with van der Waals surface area (Å²) in [7, 11) is 0. The molecule has 0 spiro atoms. The molecule has 6 heteroatoms. The molecule has 2 aromatic rings. The highest BCUT2D eigenvalue weighted by molar-refractivity contribution is 9.10. The Morgan fingerprint density at radius 1 is 1.10 bits per heavy atom. The van der Waals surface area contributed by atoms with Crippen LogP contribution in [0, 0.1) is 11.2 Å². The number of halogens is 2. The fraction of sp³-hybridized carbons (Fsp3) is 0.133. The second-order valence-corrected chi connectivity index (χ2v) is 5.06. The molecule has 0 saturated heterocycles. The summed E-state index contributed by atoms with van der Waals surface area (Å²) in [5, 5.41) is 7.29. The van der Waals surface area contributed by atoms with Crippen LogP contribution in [0.1, 0.15) is 5.56 Å². The van der Waals surface area contributed by atoms with Crippen molar-refractivity contribution in [2.75, 3.05) is 13.2 Å². The molecule has 3 N–H and O–H groups in total. The largest absolute Gasteiger partial charge is 0.490 e. The van der Waals surface area contributed by atoms with Crippen LogP contribution in [-0.4, -0.2) is 19.0 Å². The number of ether oxygens (including phenoxy) is 2. The van der Waals surface area contributed by atoms with Crippen molar-refractivity contribution < 1.29 is 13.9 Å². The summed E-state index contributed by atoms with van der Waals surface area (Å²) in [5.41, 5.74) is 6.01. The molecule has 0 bridgehead atoms. The van der Waals surface area contributed by atoms with E-state index in [4.69, 9.17) is 20.6 Å². The smallest absolute Gasteiger partial charge is 0.133 e. The molecule has 0 radical (unpaired) electrons. The topological polar surface area (TPSA) is 68.3 Å². The number of rotatable bonds is 6. The molecule has 0 aliphatic carbocycles. The summed E-state index contributed by atoms with van der Waals surface area (Å²) in [5.74, 6) is 0.927. The Bertz CT molecular complexity index is 632. The average Bonchev–Trinajstić information content (AvgIpc) is 2.46. The highest BCUT2D eigenvalue weighted by Crippen LogP contribution is 2.25. The molecule has 2 rings (SSSR count). The standard InChI is InChI=1S/C15H14BrFN2O2/c16-13-9-11(17)3-6-14(13)21-8-7-20-12-4-1-10(2-5-12)15(18)19/h1-6,9H,7-8H2,(H3,18,19). The van der Waals surface area contributed by atoms with Crippen LogP contribution in [0.4, 0.5) is 4.39 Å². The molecule has 21 heavy (non-hydrogen) atoms. The van der Waals surface area contributed by atoms with Crippen molar-refractivity contribution in [3.05, 3.63) is 58.3 Å². The third-order valence-electron chi connectivity index (χ3n) is 2.67. The summed E-state index contributed by atoms with van der Waals surface area (Å²) in [4.78, 5) is 0. The minimum atomic E-state index is -0.323. The quantitative estimate of drug-likeness (QED) is 0.476. The first-order chi connectivity index (χ1) is 10.1. The number of nitrogens with one attached hydrogen (secondary N) is 1. The van der Waals surface area contributed by atoms with Gasteiger partial charge in [-0.25, -0.2) is 4.39 Å². The van der Waals surface area contributed by atoms with Gasteiger partial charge in [0.25, 0.3) is 0 Å². The fourth-order valence-corrected chi connectivity index (χ4v) is 2.10. The summed E-state index contributed by atoms with van der Waals surface area (Å²) in [6.07, 6.45) is 0. The molecule has 0 aromatic heterocycles. The van der Waals surface area contributed by atoms with Crippen molar-refractivity contribution in [1.29, 1.82) is 5.41 Å². The van der Waals surface area contributed by atoms with E-state index >= 15 is 0 Å². The zero-order valence-electron chi connectivity index (χ0n) is 11.1. The molecular formula is C15H14BrFN2O2. The van der Waals surface area contributed by atoms with Crippen LogP contribution >= 0.6 is 15.9 Å². The minimum absolute atomic E-state index is 0.0195. The van der Waals surface area contributed by atoms with Crippen LogP contribution in [0.25, 0.3) is 0 Å². The summed E-state index contributed by atoms with van der Waals surface area (Å²) in [6.45, 7) is 0.682. The van der Waals surface area contributed by atoms with Gasteiger partial charge in [0.1, 0.15) is 36.4 Å². The molecule has 0 saturated carbocycles. The van der Waals surface area contributed by atoms with E-state index in [1.165, 1.54) is 12.1 Å². The lowest BCUT2D eigenvalue weighted by Crippen LogP contribution is -2.11. The first-order valence-electron chi connectivity index (χ1n) is 6.21. The van der Waals surface area contributed by atoms with Gasteiger partial charge in [-0.3, -0.25) is 5.41 Å². The van der Waals surface area contributed by atoms with E-state index in [0.29, 0.717) is 34.7 Å². The van der Waals surface area contributed by atoms with Gasteiger partial charge >= 0.3 is 0 Å². The molecule has 0 unspecified atom stereocenters. The number of hydrogen-bond acceptors (Lipinski definition) is 3. The third kappa shape index (κ3) is 4.46. The first kappa shape index (κ1) is 15.3. The van der Waals surface area contributed by atoms with Crippen LogP contribution in [-0.2, 0) is 0 Å². The van der Waals surface area contributed by atoms with E-state index in [0.717, 1.165) is 0 Å². The predicted octanol–water partition coefficient (Wildman–Crippen LogP) is 3.33. The van der Waals surface area contributed by atoms with Crippen LogP contribution in [0.2, 0.25) is 0 Å². The van der Waals surface area contributed by atoms with Crippen LogP contribution in [0.15, 0.2) is 46.9 Å². The van der Waals surface area contributed by atoms with Gasteiger partial charge in [-0.1, -0.05) is 0 Å². The molecule has 0 aliphatic rings. The SMILES string of the molecule is N=C(N)c1ccc(OCCOc2ccc(F)cc2Br)cc1. The van der Waals surface area contributed by atoms with Crippen molar-refractivity contribution in [3.8, 4) is 11.5 Å². The van der Waals surface area contributed by atoms with Crippen LogP contribution in [0.5, 0.6) is 11.5 Å². The molecule has 0 fully saturated rings. The van der Waals surface area contributed by atoms with Gasteiger partial charge in [0.15, 0.2) is 0 Å². The van der Waals surface area contributed by atoms with E-state index in [-0.39, 0.29) is 11.7 Å². The van der Waals surface area contributed by atoms with Crippen molar-refractivity contribution in [2.24, 2.45) is 5.73 Å². The Labute approximate surface area is 130 Å². The normalized spacial score (nSPS) is 10.2. The molecule has 4 nitrogen and oxygen atoms in total. The second kappa shape index (κ2) is 7.08. The van der Waals surface area contributed by atoms with Crippen molar-refractivity contribution in [2.45, 2.75) is 0 Å². The lowest BCUT2D eigenvalue weighted by molar-refractivity contribution is 0.216. The van der Waals surface area contributed by atoms with Gasteiger partial charge in [0.05, 0.1) is 4.47 Å². The van der Waals surface area contributed by atoms with E-state index < -0.39 is 0 Å². The Balaban J connectivity index is 1.80. The molecule has 110 valence electrons. The number of nitrogens with two attached hydrogens (primary N) is 1. The van der Waals surface area contributed by atoms with Gasteiger partial charge in [-0.05, 0) is 58.4 Å². The Morgan fingerprint density at radius 3 is 2.38 bits per heavy atom. The van der Waals surface area contributed by atoms with E-state index in [1.807, 2.05) is 0 Å². The summed E-state index contributed by atoms with van der Waals surface area (Å²) < 4.78 is 24.5. The van der Waals surface area contributed by atoms with Crippen LogP contribution < -0.4 is 15.2 Å². The lowest BCUT2D eigenvalue weighted by atomic mass is 10.2. The number of benzene rings is 2. The van der Waals surface area contributed by atoms with Gasteiger partial charge < -0.3 is 15.2 Å². The summed E-state index contributed by atoms with van der Waals surface area (Å²) in [6, 6.07) is 11.2. The molecule has 0 amide bonds. The van der Waals surface area contributed by atoms with Crippen molar-refractivity contribution in [3.63, 3.8) is 0 Å². The maximum absolute atomic E-state index is 12.9. The molecule has 0 heterocycles. The number of hydrogen-bond donors (Lipinski definition) is 2. The molecule has 0 aliphatic heterocycles. The molecule has 0 atom stereocenters. The Hall–Kier alpha value is -2.08. The zero-order valence-corrected chi connectivity index (χ0v) is 12.7. The number of amidine groups is 1. The van der Waals surface area contributed by atoms with Gasteiger partial charge in [-0.2, -0.15) is 0 Å². The van der Waals surface area contributed by atoms with Gasteiger partial charge in [0.2, 0.25) is 0 Å².